The van der Waals surface area contributed by atoms with E-state index < -0.39 is 17.7 Å². The lowest BCUT2D eigenvalue weighted by molar-refractivity contribution is -0.140. The number of amides is 1. The predicted molar refractivity (Wildman–Crippen MR) is 127 cm³/mol. The number of hydrogen-bond donors (Lipinski definition) is 1. The van der Waals surface area contributed by atoms with E-state index in [-0.39, 0.29) is 17.4 Å². The molecule has 1 unspecified atom stereocenters. The second kappa shape index (κ2) is 10.3. The van der Waals surface area contributed by atoms with E-state index in [1.54, 1.807) is 30.2 Å². The molecule has 1 aliphatic rings. The van der Waals surface area contributed by atoms with Crippen molar-refractivity contribution in [2.24, 2.45) is 0 Å². The summed E-state index contributed by atoms with van der Waals surface area (Å²) in [7, 11) is 1.55. The lowest BCUT2D eigenvalue weighted by Gasteiger charge is -2.26. The summed E-state index contributed by atoms with van der Waals surface area (Å²) in [5, 5.41) is 11.2. The summed E-state index contributed by atoms with van der Waals surface area (Å²) in [6.45, 7) is 6.66. The number of likely N-dealkylation sites (tertiary alicyclic amines) is 1. The molecule has 170 valence electrons. The highest BCUT2D eigenvalue weighted by atomic mass is 79.9. The van der Waals surface area contributed by atoms with Gasteiger partial charge in [-0.1, -0.05) is 24.3 Å². The van der Waals surface area contributed by atoms with Crippen LogP contribution in [0, 0.1) is 6.92 Å². The van der Waals surface area contributed by atoms with E-state index in [0.29, 0.717) is 35.4 Å². The van der Waals surface area contributed by atoms with Crippen LogP contribution in [-0.4, -0.2) is 48.1 Å². The molecule has 2 aromatic carbocycles. The third-order valence-corrected chi connectivity index (χ3v) is 6.06. The van der Waals surface area contributed by atoms with Gasteiger partial charge < -0.3 is 19.5 Å². The summed E-state index contributed by atoms with van der Waals surface area (Å²) < 4.78 is 11.5. The quantitative estimate of drug-likeness (QED) is 0.238. The Morgan fingerprint density at radius 3 is 2.53 bits per heavy atom. The molecular formula is C25H28BrNO5. The van der Waals surface area contributed by atoms with E-state index in [1.807, 2.05) is 45.0 Å². The maximum Gasteiger partial charge on any atom is 0.295 e. The van der Waals surface area contributed by atoms with Crippen molar-refractivity contribution < 1.29 is 24.2 Å². The molecule has 1 aliphatic heterocycles. The van der Waals surface area contributed by atoms with Gasteiger partial charge in [-0.2, -0.15) is 0 Å². The van der Waals surface area contributed by atoms with E-state index in [0.717, 1.165) is 11.1 Å². The molecule has 1 atom stereocenters. The van der Waals surface area contributed by atoms with Crippen LogP contribution in [0.2, 0.25) is 0 Å². The van der Waals surface area contributed by atoms with Crippen LogP contribution in [0.3, 0.4) is 0 Å². The first-order chi connectivity index (χ1) is 15.3. The smallest absolute Gasteiger partial charge is 0.295 e. The zero-order valence-electron chi connectivity index (χ0n) is 18.7. The number of hydrogen-bond acceptors (Lipinski definition) is 5. The highest BCUT2D eigenvalue weighted by Crippen LogP contribution is 2.41. The molecule has 7 heteroatoms. The minimum Gasteiger partial charge on any atom is -0.507 e. The standard InChI is InChI=1S/C25H28BrNO5/c1-15(2)32-13-7-12-27-22(18-9-6-5-8-16(18)3)21(24(29)25(27)30)23(28)17-10-11-20(31-4)19(26)14-17/h5-6,8-11,14-15,22,28H,7,12-13H2,1-4H3/b23-21+. The Bertz CT molecular complexity index is 1050. The van der Waals surface area contributed by atoms with Crippen molar-refractivity contribution in [1.82, 2.24) is 4.90 Å². The Hall–Kier alpha value is -2.64. The number of carbonyl (C=O) groups is 2. The van der Waals surface area contributed by atoms with Crippen molar-refractivity contribution in [3.05, 3.63) is 69.2 Å². The van der Waals surface area contributed by atoms with Gasteiger partial charge in [-0.15, -0.1) is 0 Å². The molecule has 6 nitrogen and oxygen atoms in total. The number of ether oxygens (including phenoxy) is 2. The van der Waals surface area contributed by atoms with E-state index >= 15 is 0 Å². The molecule has 1 heterocycles. The zero-order chi connectivity index (χ0) is 23.4. The lowest BCUT2D eigenvalue weighted by Crippen LogP contribution is -2.31. The van der Waals surface area contributed by atoms with Crippen LogP contribution in [0.5, 0.6) is 5.75 Å². The Morgan fingerprint density at radius 2 is 1.91 bits per heavy atom. The van der Waals surface area contributed by atoms with Gasteiger partial charge in [-0.25, -0.2) is 0 Å². The molecular weight excluding hydrogens is 474 g/mol. The fourth-order valence-electron chi connectivity index (χ4n) is 3.85. The summed E-state index contributed by atoms with van der Waals surface area (Å²) in [5.74, 6) is -0.909. The van der Waals surface area contributed by atoms with Crippen molar-refractivity contribution in [1.29, 1.82) is 0 Å². The molecule has 1 amide bonds. The van der Waals surface area contributed by atoms with Crippen LogP contribution in [0.15, 0.2) is 52.5 Å². The van der Waals surface area contributed by atoms with E-state index in [4.69, 9.17) is 9.47 Å². The Balaban J connectivity index is 2.07. The molecule has 1 N–H and O–H groups in total. The van der Waals surface area contributed by atoms with Crippen LogP contribution in [0.25, 0.3) is 5.76 Å². The van der Waals surface area contributed by atoms with Crippen molar-refractivity contribution in [3.63, 3.8) is 0 Å². The summed E-state index contributed by atoms with van der Waals surface area (Å²) in [5.41, 5.74) is 2.26. The average Bonchev–Trinajstić information content (AvgIpc) is 3.01. The minimum atomic E-state index is -0.688. The third-order valence-electron chi connectivity index (χ3n) is 5.44. The van der Waals surface area contributed by atoms with Gasteiger partial charge in [0.25, 0.3) is 11.7 Å². The number of nitrogens with zero attached hydrogens (tertiary/aromatic N) is 1. The van der Waals surface area contributed by atoms with Crippen LogP contribution in [-0.2, 0) is 14.3 Å². The second-order valence-corrected chi connectivity index (χ2v) is 8.83. The largest absolute Gasteiger partial charge is 0.507 e. The lowest BCUT2D eigenvalue weighted by atomic mass is 9.92. The van der Waals surface area contributed by atoms with Crippen LogP contribution < -0.4 is 4.74 Å². The average molecular weight is 502 g/mol. The number of carbonyl (C=O) groups excluding carboxylic acids is 2. The fraction of sp³-hybridized carbons (Fsp3) is 0.360. The van der Waals surface area contributed by atoms with Gasteiger partial charge in [0.15, 0.2) is 0 Å². The van der Waals surface area contributed by atoms with E-state index in [1.165, 1.54) is 0 Å². The molecule has 1 fully saturated rings. The normalized spacial score (nSPS) is 17.9. The number of halogens is 1. The highest BCUT2D eigenvalue weighted by molar-refractivity contribution is 9.10. The van der Waals surface area contributed by atoms with Crippen LogP contribution in [0.4, 0.5) is 0 Å². The van der Waals surface area contributed by atoms with Crippen LogP contribution in [0.1, 0.15) is 43.0 Å². The first-order valence-corrected chi connectivity index (χ1v) is 11.3. The zero-order valence-corrected chi connectivity index (χ0v) is 20.3. The molecule has 0 bridgehead atoms. The van der Waals surface area contributed by atoms with E-state index in [9.17, 15) is 14.7 Å². The summed E-state index contributed by atoms with van der Waals surface area (Å²) in [4.78, 5) is 27.6. The molecule has 0 saturated carbocycles. The molecule has 2 aromatic rings. The monoisotopic (exact) mass is 501 g/mol. The minimum absolute atomic E-state index is 0.0890. The van der Waals surface area contributed by atoms with Gasteiger partial charge in [-0.3, -0.25) is 9.59 Å². The highest BCUT2D eigenvalue weighted by Gasteiger charge is 2.46. The van der Waals surface area contributed by atoms with Gasteiger partial charge >= 0.3 is 0 Å². The maximum absolute atomic E-state index is 13.1. The molecule has 0 spiro atoms. The number of aliphatic hydroxyl groups is 1. The number of aliphatic hydroxyl groups excluding tert-OH is 1. The van der Waals surface area contributed by atoms with Gasteiger partial charge in [0.2, 0.25) is 0 Å². The number of benzene rings is 2. The van der Waals surface area contributed by atoms with Gasteiger partial charge in [0, 0.05) is 18.7 Å². The van der Waals surface area contributed by atoms with Crippen molar-refractivity contribution in [3.8, 4) is 5.75 Å². The number of methoxy groups -OCH3 is 1. The predicted octanol–water partition coefficient (Wildman–Crippen LogP) is 5.00. The molecule has 0 aliphatic carbocycles. The summed E-state index contributed by atoms with van der Waals surface area (Å²) in [6.07, 6.45) is 0.674. The van der Waals surface area contributed by atoms with Gasteiger partial charge in [0.05, 0.1) is 29.3 Å². The van der Waals surface area contributed by atoms with Crippen molar-refractivity contribution in [2.75, 3.05) is 20.3 Å². The Labute approximate surface area is 197 Å². The maximum atomic E-state index is 13.1. The fourth-order valence-corrected chi connectivity index (χ4v) is 4.39. The second-order valence-electron chi connectivity index (χ2n) is 7.97. The SMILES string of the molecule is COc1ccc(/C(O)=C2\C(=O)C(=O)N(CCCOC(C)C)C2c2ccccc2C)cc1Br. The summed E-state index contributed by atoms with van der Waals surface area (Å²) >= 11 is 3.41. The topological polar surface area (TPSA) is 76.1 Å². The van der Waals surface area contributed by atoms with Gasteiger partial charge in [-0.05, 0) is 72.4 Å². The molecule has 0 aromatic heterocycles. The van der Waals surface area contributed by atoms with Crippen molar-refractivity contribution in [2.45, 2.75) is 39.3 Å². The molecule has 0 radical (unpaired) electrons. The van der Waals surface area contributed by atoms with E-state index in [2.05, 4.69) is 15.9 Å². The van der Waals surface area contributed by atoms with Gasteiger partial charge in [0.1, 0.15) is 11.5 Å². The number of Topliss-reactive ketones (excluding diaryl/α,β-unsaturated/α-hetero) is 1. The number of aryl methyl sites for hydroxylation is 1. The number of ketones is 1. The third kappa shape index (κ3) is 4.89. The Morgan fingerprint density at radius 1 is 1.19 bits per heavy atom. The summed E-state index contributed by atoms with van der Waals surface area (Å²) in [6, 6.07) is 12.0. The first kappa shape index (κ1) is 24.0. The van der Waals surface area contributed by atoms with Crippen LogP contribution >= 0.6 is 15.9 Å². The molecule has 1 saturated heterocycles. The number of rotatable bonds is 8. The Kier molecular flexibility index (Phi) is 7.74. The first-order valence-electron chi connectivity index (χ1n) is 10.6. The molecule has 32 heavy (non-hydrogen) atoms. The molecule has 3 rings (SSSR count). The van der Waals surface area contributed by atoms with Crippen molar-refractivity contribution >= 4 is 33.4 Å².